The Morgan fingerprint density at radius 2 is 1.79 bits per heavy atom. The van der Waals surface area contributed by atoms with Gasteiger partial charge in [-0.05, 0) is 43.7 Å². The van der Waals surface area contributed by atoms with Crippen LogP contribution in [0.3, 0.4) is 0 Å². The molecule has 0 aliphatic carbocycles. The maximum absolute atomic E-state index is 12.6. The second kappa shape index (κ2) is 8.30. The molecule has 142 valence electrons. The fraction of sp³-hybridized carbons (Fsp3) is 0.143. The number of carbonyl (C=O) groups excluding carboxylic acids is 2. The van der Waals surface area contributed by atoms with E-state index in [0.29, 0.717) is 11.3 Å². The Balaban J connectivity index is 1.81. The summed E-state index contributed by atoms with van der Waals surface area (Å²) >= 11 is 0. The zero-order chi connectivity index (χ0) is 20.1. The van der Waals surface area contributed by atoms with Crippen LogP contribution in [0, 0.1) is 13.8 Å². The van der Waals surface area contributed by atoms with Gasteiger partial charge >= 0.3 is 5.97 Å². The number of amides is 1. The number of nitrogens with zero attached hydrogens (tertiary/aromatic N) is 2. The number of para-hydroxylation sites is 1. The molecule has 28 heavy (non-hydrogen) atoms. The summed E-state index contributed by atoms with van der Waals surface area (Å²) < 4.78 is 4.78. The van der Waals surface area contributed by atoms with E-state index in [2.05, 4.69) is 20.6 Å². The van der Waals surface area contributed by atoms with Crippen molar-refractivity contribution in [3.05, 3.63) is 77.1 Å². The van der Waals surface area contributed by atoms with Gasteiger partial charge in [0, 0.05) is 11.9 Å². The first-order chi connectivity index (χ1) is 13.5. The van der Waals surface area contributed by atoms with Crippen molar-refractivity contribution in [3.63, 3.8) is 0 Å². The molecule has 0 radical (unpaired) electrons. The topological polar surface area (TPSA) is 93.2 Å². The quantitative estimate of drug-likeness (QED) is 0.657. The third kappa shape index (κ3) is 4.32. The molecule has 0 unspecified atom stereocenters. The van der Waals surface area contributed by atoms with Gasteiger partial charge < -0.3 is 15.4 Å². The second-order valence-electron chi connectivity index (χ2n) is 6.20. The molecule has 7 heteroatoms. The zero-order valence-electron chi connectivity index (χ0n) is 15.8. The minimum absolute atomic E-state index is 0.199. The van der Waals surface area contributed by atoms with Crippen LogP contribution in [0.15, 0.2) is 54.7 Å². The van der Waals surface area contributed by atoms with Crippen LogP contribution in [0.5, 0.6) is 0 Å². The number of methoxy groups -OCH3 is 1. The monoisotopic (exact) mass is 376 g/mol. The summed E-state index contributed by atoms with van der Waals surface area (Å²) in [4.78, 5) is 32.8. The maximum atomic E-state index is 12.6. The third-order valence-electron chi connectivity index (χ3n) is 4.10. The van der Waals surface area contributed by atoms with Crippen LogP contribution in [0.2, 0.25) is 0 Å². The number of hydrogen-bond acceptors (Lipinski definition) is 6. The molecule has 0 aliphatic heterocycles. The summed E-state index contributed by atoms with van der Waals surface area (Å²) in [5.74, 6) is -0.630. The Labute approximate surface area is 162 Å². The van der Waals surface area contributed by atoms with E-state index in [1.54, 1.807) is 24.3 Å². The predicted octanol–water partition coefficient (Wildman–Crippen LogP) is 3.88. The van der Waals surface area contributed by atoms with Crippen molar-refractivity contribution in [2.75, 3.05) is 17.7 Å². The molecule has 1 heterocycles. The third-order valence-corrected chi connectivity index (χ3v) is 4.10. The van der Waals surface area contributed by atoms with Crippen LogP contribution in [0.25, 0.3) is 0 Å². The van der Waals surface area contributed by atoms with Crippen molar-refractivity contribution < 1.29 is 14.3 Å². The summed E-state index contributed by atoms with van der Waals surface area (Å²) in [6, 6.07) is 14.1. The number of rotatable bonds is 5. The average molecular weight is 376 g/mol. The van der Waals surface area contributed by atoms with E-state index < -0.39 is 5.97 Å². The Morgan fingerprint density at radius 3 is 2.54 bits per heavy atom. The van der Waals surface area contributed by atoms with Crippen LogP contribution in [-0.4, -0.2) is 29.0 Å². The Hall–Kier alpha value is -3.74. The number of nitrogens with one attached hydrogen (secondary N) is 2. The number of hydrogen-bond donors (Lipinski definition) is 2. The molecular formula is C21H20N4O3. The van der Waals surface area contributed by atoms with Crippen LogP contribution in [0.4, 0.5) is 17.3 Å². The first-order valence-electron chi connectivity index (χ1n) is 8.64. The fourth-order valence-electron chi connectivity index (χ4n) is 2.69. The molecule has 2 N–H and O–H groups in total. The van der Waals surface area contributed by atoms with Crippen molar-refractivity contribution in [1.82, 2.24) is 9.97 Å². The zero-order valence-corrected chi connectivity index (χ0v) is 15.8. The van der Waals surface area contributed by atoms with Gasteiger partial charge in [0.2, 0.25) is 5.95 Å². The predicted molar refractivity (Wildman–Crippen MR) is 107 cm³/mol. The largest absolute Gasteiger partial charge is 0.465 e. The van der Waals surface area contributed by atoms with Crippen molar-refractivity contribution in [1.29, 1.82) is 0 Å². The van der Waals surface area contributed by atoms with Crippen molar-refractivity contribution in [2.24, 2.45) is 0 Å². The summed E-state index contributed by atoms with van der Waals surface area (Å²) in [7, 11) is 1.31. The molecular weight excluding hydrogens is 356 g/mol. The van der Waals surface area contributed by atoms with Gasteiger partial charge in [-0.15, -0.1) is 0 Å². The molecule has 0 aliphatic rings. The van der Waals surface area contributed by atoms with Crippen LogP contribution in [-0.2, 0) is 4.74 Å². The number of benzene rings is 2. The van der Waals surface area contributed by atoms with Crippen LogP contribution < -0.4 is 10.6 Å². The van der Waals surface area contributed by atoms with Crippen LogP contribution in [0.1, 0.15) is 32.0 Å². The smallest absolute Gasteiger partial charge is 0.339 e. The van der Waals surface area contributed by atoms with Gasteiger partial charge in [0.25, 0.3) is 5.91 Å². The van der Waals surface area contributed by atoms with Crippen molar-refractivity contribution in [2.45, 2.75) is 13.8 Å². The van der Waals surface area contributed by atoms with Crippen molar-refractivity contribution in [3.8, 4) is 0 Å². The van der Waals surface area contributed by atoms with Gasteiger partial charge in [0.05, 0.1) is 18.4 Å². The molecule has 3 aromatic rings. The molecule has 0 spiro atoms. The van der Waals surface area contributed by atoms with Crippen molar-refractivity contribution >= 4 is 29.2 Å². The Bertz CT molecular complexity index is 1030. The van der Waals surface area contributed by atoms with Gasteiger partial charge in [-0.25, -0.2) is 14.8 Å². The molecule has 0 atom stereocenters. The number of anilines is 3. The molecule has 0 fully saturated rings. The lowest BCUT2D eigenvalue weighted by molar-refractivity contribution is 0.0601. The lowest BCUT2D eigenvalue weighted by Crippen LogP contribution is -2.15. The highest BCUT2D eigenvalue weighted by Gasteiger charge is 2.14. The fourth-order valence-corrected chi connectivity index (χ4v) is 2.69. The SMILES string of the molecule is COC(=O)c1ccccc1Nc1nccc(C(=O)Nc2ccc(C)cc2C)n1. The summed E-state index contributed by atoms with van der Waals surface area (Å²) in [5.41, 5.74) is 3.84. The highest BCUT2D eigenvalue weighted by Crippen LogP contribution is 2.20. The minimum Gasteiger partial charge on any atom is -0.465 e. The first-order valence-corrected chi connectivity index (χ1v) is 8.64. The molecule has 1 aromatic heterocycles. The van der Waals surface area contributed by atoms with E-state index >= 15 is 0 Å². The Morgan fingerprint density at radius 1 is 1.00 bits per heavy atom. The molecule has 7 nitrogen and oxygen atoms in total. The summed E-state index contributed by atoms with van der Waals surface area (Å²) in [5, 5.41) is 5.82. The number of aromatic nitrogens is 2. The number of aryl methyl sites for hydroxylation is 2. The standard InChI is InChI=1S/C21H20N4O3/c1-13-8-9-16(14(2)12-13)23-19(26)18-10-11-22-21(25-18)24-17-7-5-4-6-15(17)20(27)28-3/h4-12H,1-3H3,(H,23,26)(H,22,24,25). The molecule has 3 rings (SSSR count). The Kier molecular flexibility index (Phi) is 5.64. The first kappa shape index (κ1) is 19.0. The normalized spacial score (nSPS) is 10.2. The molecule has 0 bridgehead atoms. The molecule has 1 amide bonds. The van der Waals surface area contributed by atoms with E-state index in [4.69, 9.17) is 4.74 Å². The van der Waals surface area contributed by atoms with Gasteiger partial charge in [0.15, 0.2) is 0 Å². The van der Waals surface area contributed by atoms with E-state index in [-0.39, 0.29) is 17.5 Å². The van der Waals surface area contributed by atoms with E-state index in [0.717, 1.165) is 16.8 Å². The van der Waals surface area contributed by atoms with Gasteiger partial charge in [-0.1, -0.05) is 29.8 Å². The molecule has 2 aromatic carbocycles. The lowest BCUT2D eigenvalue weighted by Gasteiger charge is -2.11. The van der Waals surface area contributed by atoms with Gasteiger partial charge in [-0.3, -0.25) is 4.79 Å². The highest BCUT2D eigenvalue weighted by atomic mass is 16.5. The number of ether oxygens (including phenoxy) is 1. The number of esters is 1. The van der Waals surface area contributed by atoms with E-state index in [9.17, 15) is 9.59 Å². The molecule has 0 saturated heterocycles. The van der Waals surface area contributed by atoms with E-state index in [1.165, 1.54) is 19.4 Å². The highest BCUT2D eigenvalue weighted by molar-refractivity contribution is 6.03. The van der Waals surface area contributed by atoms with Gasteiger partial charge in [-0.2, -0.15) is 0 Å². The molecule has 0 saturated carbocycles. The van der Waals surface area contributed by atoms with E-state index in [1.807, 2.05) is 32.0 Å². The average Bonchev–Trinajstić information content (AvgIpc) is 2.70. The second-order valence-corrected chi connectivity index (χ2v) is 6.20. The maximum Gasteiger partial charge on any atom is 0.339 e. The van der Waals surface area contributed by atoms with Gasteiger partial charge in [0.1, 0.15) is 5.69 Å². The summed E-state index contributed by atoms with van der Waals surface area (Å²) in [6.07, 6.45) is 1.48. The summed E-state index contributed by atoms with van der Waals surface area (Å²) in [6.45, 7) is 3.92. The van der Waals surface area contributed by atoms with Crippen LogP contribution >= 0.6 is 0 Å². The number of carbonyl (C=O) groups is 2. The minimum atomic E-state index is -0.480. The lowest BCUT2D eigenvalue weighted by atomic mass is 10.1.